The Labute approximate surface area is 197 Å². The second-order valence-corrected chi connectivity index (χ2v) is 8.97. The highest BCUT2D eigenvalue weighted by Gasteiger charge is 2.23. The lowest BCUT2D eigenvalue weighted by atomic mass is 9.95. The summed E-state index contributed by atoms with van der Waals surface area (Å²) in [4.78, 5) is 10.8. The number of hydrogen-bond acceptors (Lipinski definition) is 4. The van der Waals surface area contributed by atoms with Crippen LogP contribution in [0.1, 0.15) is 88.8 Å². The van der Waals surface area contributed by atoms with Crippen molar-refractivity contribution in [2.45, 2.75) is 96.9 Å². The summed E-state index contributed by atoms with van der Waals surface area (Å²) in [6, 6.07) is 6.35. The molecule has 0 saturated carbocycles. The molecule has 1 aromatic carbocycles. The number of nitriles is 1. The summed E-state index contributed by atoms with van der Waals surface area (Å²) in [7, 11) is 0. The number of fused-ring (bicyclic) bond motifs is 3. The van der Waals surface area contributed by atoms with Crippen LogP contribution in [-0.2, 0) is 24.2 Å². The number of ether oxygens (including phenoxy) is 2. The zero-order chi connectivity index (χ0) is 23.5. The molecule has 2 aromatic rings. The molecule has 0 atom stereocenters. The molecule has 0 fully saturated rings. The van der Waals surface area contributed by atoms with Gasteiger partial charge in [-0.15, -0.1) is 0 Å². The molecule has 1 heterocycles. The number of carboxylic acids is 1. The summed E-state index contributed by atoms with van der Waals surface area (Å²) < 4.78 is 14.7. The van der Waals surface area contributed by atoms with E-state index in [9.17, 15) is 4.79 Å². The first kappa shape index (κ1) is 25.0. The quantitative estimate of drug-likeness (QED) is 0.314. The van der Waals surface area contributed by atoms with Gasteiger partial charge in [0, 0.05) is 36.5 Å². The summed E-state index contributed by atoms with van der Waals surface area (Å²) in [5.41, 5.74) is 4.07. The van der Waals surface area contributed by atoms with Gasteiger partial charge < -0.3 is 19.1 Å². The Morgan fingerprint density at radius 2 is 1.85 bits per heavy atom. The van der Waals surface area contributed by atoms with E-state index >= 15 is 0 Å². The van der Waals surface area contributed by atoms with Crippen LogP contribution in [0.2, 0.25) is 0 Å². The van der Waals surface area contributed by atoms with E-state index in [-0.39, 0.29) is 6.42 Å². The Bertz CT molecular complexity index is 957. The van der Waals surface area contributed by atoms with Crippen molar-refractivity contribution in [2.24, 2.45) is 0 Å². The largest absolute Gasteiger partial charge is 0.493 e. The van der Waals surface area contributed by atoms with Crippen molar-refractivity contribution < 1.29 is 19.4 Å². The topological polar surface area (TPSA) is 84.5 Å². The molecule has 0 amide bonds. The maximum absolute atomic E-state index is 10.8. The molecule has 0 unspecified atom stereocenters. The minimum absolute atomic E-state index is 0.115. The van der Waals surface area contributed by atoms with Crippen LogP contribution in [0.5, 0.6) is 11.5 Å². The number of rotatable bonds is 15. The third kappa shape index (κ3) is 6.90. The number of hydrogen-bond donors (Lipinski definition) is 1. The van der Waals surface area contributed by atoms with Gasteiger partial charge in [-0.3, -0.25) is 4.79 Å². The Morgan fingerprint density at radius 1 is 1.06 bits per heavy atom. The lowest BCUT2D eigenvalue weighted by molar-refractivity contribution is -0.137. The first-order chi connectivity index (χ1) is 16.2. The van der Waals surface area contributed by atoms with Gasteiger partial charge in [-0.2, -0.15) is 5.26 Å². The Balaban J connectivity index is 1.83. The van der Waals surface area contributed by atoms with Crippen molar-refractivity contribution in [1.82, 2.24) is 4.57 Å². The van der Waals surface area contributed by atoms with E-state index < -0.39 is 5.97 Å². The molecule has 0 saturated heterocycles. The van der Waals surface area contributed by atoms with Crippen molar-refractivity contribution in [3.63, 3.8) is 0 Å². The van der Waals surface area contributed by atoms with Crippen LogP contribution in [0.4, 0.5) is 0 Å². The smallest absolute Gasteiger partial charge is 0.303 e. The highest BCUT2D eigenvalue weighted by Crippen LogP contribution is 2.40. The molecule has 0 radical (unpaired) electrons. The third-order valence-electron chi connectivity index (χ3n) is 6.34. The summed E-state index contributed by atoms with van der Waals surface area (Å²) in [6.07, 6.45) is 12.4. The molecule has 1 aliphatic carbocycles. The number of carbonyl (C=O) groups is 1. The van der Waals surface area contributed by atoms with Crippen molar-refractivity contribution >= 4 is 16.9 Å². The fourth-order valence-electron chi connectivity index (χ4n) is 4.77. The van der Waals surface area contributed by atoms with Gasteiger partial charge in [0.2, 0.25) is 0 Å². The molecule has 0 aliphatic heterocycles. The predicted octanol–water partition coefficient (Wildman–Crippen LogP) is 6.42. The number of aliphatic carboxylic acids is 1. The van der Waals surface area contributed by atoms with Gasteiger partial charge in [-0.25, -0.2) is 0 Å². The second-order valence-electron chi connectivity index (χ2n) is 8.97. The van der Waals surface area contributed by atoms with Gasteiger partial charge in [0.15, 0.2) is 0 Å². The molecule has 3 rings (SSSR count). The average molecular weight is 455 g/mol. The number of unbranched alkanes of at least 4 members (excludes halogenated alkanes) is 5. The number of aromatic nitrogens is 1. The fourth-order valence-corrected chi connectivity index (χ4v) is 4.77. The summed E-state index contributed by atoms with van der Waals surface area (Å²) in [6.45, 7) is 4.15. The minimum atomic E-state index is -0.794. The Hall–Kier alpha value is -2.68. The lowest BCUT2D eigenvalue weighted by Gasteiger charge is -2.17. The van der Waals surface area contributed by atoms with Crippen LogP contribution >= 0.6 is 0 Å². The van der Waals surface area contributed by atoms with E-state index in [1.807, 2.05) is 6.07 Å². The number of carboxylic acid groups (broad SMARTS) is 1. The summed E-state index contributed by atoms with van der Waals surface area (Å²) in [5, 5.41) is 18.8. The minimum Gasteiger partial charge on any atom is -0.493 e. The standard InChI is InChI=1S/C27H38N2O4/c1-2-17-33-25-20-21(32-18-11-14-26(30)31)19-23-22-12-7-8-13-24(22)29(27(23)25)16-10-6-4-3-5-9-15-28/h19-20H,2-14,16-18H2,1H3,(H,30,31). The highest BCUT2D eigenvalue weighted by molar-refractivity contribution is 5.92. The summed E-state index contributed by atoms with van der Waals surface area (Å²) >= 11 is 0. The Kier molecular flexibility index (Phi) is 9.93. The second kappa shape index (κ2) is 13.1. The molecule has 6 heteroatoms. The first-order valence-electron chi connectivity index (χ1n) is 12.7. The van der Waals surface area contributed by atoms with Gasteiger partial charge in [-0.05, 0) is 63.0 Å². The van der Waals surface area contributed by atoms with Crippen molar-refractivity contribution in [1.29, 1.82) is 5.26 Å². The van der Waals surface area contributed by atoms with Crippen LogP contribution in [0.15, 0.2) is 12.1 Å². The zero-order valence-corrected chi connectivity index (χ0v) is 20.0. The molecular weight excluding hydrogens is 416 g/mol. The average Bonchev–Trinajstić information content (AvgIpc) is 3.13. The normalized spacial score (nSPS) is 13.0. The Morgan fingerprint density at radius 3 is 2.64 bits per heavy atom. The lowest BCUT2D eigenvalue weighted by Crippen LogP contribution is -2.09. The maximum Gasteiger partial charge on any atom is 0.303 e. The zero-order valence-electron chi connectivity index (χ0n) is 20.0. The van der Waals surface area contributed by atoms with E-state index in [1.165, 1.54) is 47.8 Å². The molecule has 0 spiro atoms. The van der Waals surface area contributed by atoms with Crippen LogP contribution < -0.4 is 9.47 Å². The van der Waals surface area contributed by atoms with Crippen LogP contribution in [0.3, 0.4) is 0 Å². The van der Waals surface area contributed by atoms with Gasteiger partial charge >= 0.3 is 5.97 Å². The summed E-state index contributed by atoms with van der Waals surface area (Å²) in [5.74, 6) is 0.852. The molecule has 1 N–H and O–H groups in total. The van der Waals surface area contributed by atoms with E-state index in [2.05, 4.69) is 23.6 Å². The van der Waals surface area contributed by atoms with E-state index in [4.69, 9.17) is 19.8 Å². The number of nitrogens with zero attached hydrogens (tertiary/aromatic N) is 2. The maximum atomic E-state index is 10.8. The SMILES string of the molecule is CCCOc1cc(OCCCC(=O)O)cc2c3c(n(CCCCCCCC#N)c12)CCCC3. The van der Waals surface area contributed by atoms with Crippen molar-refractivity contribution in [2.75, 3.05) is 13.2 Å². The molecule has 6 nitrogen and oxygen atoms in total. The molecule has 1 aliphatic rings. The van der Waals surface area contributed by atoms with E-state index in [1.54, 1.807) is 0 Å². The van der Waals surface area contributed by atoms with Gasteiger partial charge in [0.05, 0.1) is 24.8 Å². The van der Waals surface area contributed by atoms with Gasteiger partial charge in [0.1, 0.15) is 11.5 Å². The van der Waals surface area contributed by atoms with Crippen LogP contribution in [0, 0.1) is 11.3 Å². The molecule has 1 aromatic heterocycles. The van der Waals surface area contributed by atoms with Crippen molar-refractivity contribution in [3.8, 4) is 17.6 Å². The fraction of sp³-hybridized carbons (Fsp3) is 0.630. The molecule has 0 bridgehead atoms. The highest BCUT2D eigenvalue weighted by atomic mass is 16.5. The molecule has 180 valence electrons. The molecular formula is C27H38N2O4. The number of aryl methyl sites for hydroxylation is 2. The third-order valence-corrected chi connectivity index (χ3v) is 6.34. The van der Waals surface area contributed by atoms with E-state index in [0.29, 0.717) is 26.1 Å². The predicted molar refractivity (Wildman–Crippen MR) is 130 cm³/mol. The van der Waals surface area contributed by atoms with Crippen LogP contribution in [-0.4, -0.2) is 28.9 Å². The van der Waals surface area contributed by atoms with Crippen LogP contribution in [0.25, 0.3) is 10.9 Å². The molecule has 33 heavy (non-hydrogen) atoms. The van der Waals surface area contributed by atoms with Gasteiger partial charge in [0.25, 0.3) is 0 Å². The monoisotopic (exact) mass is 454 g/mol. The number of benzene rings is 1. The van der Waals surface area contributed by atoms with Crippen molar-refractivity contribution in [3.05, 3.63) is 23.4 Å². The van der Waals surface area contributed by atoms with Gasteiger partial charge in [-0.1, -0.05) is 26.2 Å². The van der Waals surface area contributed by atoms with E-state index in [0.717, 1.165) is 56.6 Å². The first-order valence-corrected chi connectivity index (χ1v) is 12.7.